The van der Waals surface area contributed by atoms with Crippen molar-refractivity contribution in [3.05, 3.63) is 72.8 Å². The van der Waals surface area contributed by atoms with Crippen LogP contribution in [0.5, 0.6) is 0 Å². The minimum absolute atomic E-state index is 0.0142. The minimum atomic E-state index is 0.0142. The highest BCUT2D eigenvalue weighted by molar-refractivity contribution is 5.79. The summed E-state index contributed by atoms with van der Waals surface area (Å²) in [6.45, 7) is 4.92. The molecule has 0 aliphatic carbocycles. The first-order valence-corrected chi connectivity index (χ1v) is 8.58. The van der Waals surface area contributed by atoms with Crippen molar-refractivity contribution in [3.63, 3.8) is 0 Å². The molecule has 0 bridgehead atoms. The van der Waals surface area contributed by atoms with E-state index in [1.165, 1.54) is 0 Å². The number of aromatic nitrogens is 2. The fourth-order valence-electron chi connectivity index (χ4n) is 3.28. The molecule has 25 heavy (non-hydrogen) atoms. The van der Waals surface area contributed by atoms with Crippen LogP contribution < -0.4 is 0 Å². The summed E-state index contributed by atoms with van der Waals surface area (Å²) in [5.74, 6) is 0.0947. The first-order chi connectivity index (χ1) is 12.3. The molecule has 0 aromatic carbocycles. The van der Waals surface area contributed by atoms with Crippen molar-refractivity contribution in [1.82, 2.24) is 14.9 Å². The van der Waals surface area contributed by atoms with E-state index in [1.807, 2.05) is 41.4 Å². The SMILES string of the molecule is C=CCO[C@H]1CCN(C(=O)Cc2ccccn2)[C@H]1Cc1cccnc1. The molecule has 5 nitrogen and oxygen atoms in total. The number of amides is 1. The molecule has 2 atom stereocenters. The maximum atomic E-state index is 12.8. The van der Waals surface area contributed by atoms with Crippen LogP contribution in [0.1, 0.15) is 17.7 Å². The van der Waals surface area contributed by atoms with Crippen molar-refractivity contribution in [1.29, 1.82) is 0 Å². The summed E-state index contributed by atoms with van der Waals surface area (Å²) in [7, 11) is 0. The van der Waals surface area contributed by atoms with Gasteiger partial charge >= 0.3 is 0 Å². The number of hydrogen-bond donors (Lipinski definition) is 0. The molecule has 3 rings (SSSR count). The van der Waals surface area contributed by atoms with Gasteiger partial charge in [0, 0.05) is 30.8 Å². The van der Waals surface area contributed by atoms with Crippen LogP contribution in [0.15, 0.2) is 61.6 Å². The van der Waals surface area contributed by atoms with Gasteiger partial charge in [-0.3, -0.25) is 14.8 Å². The largest absolute Gasteiger partial charge is 0.372 e. The summed E-state index contributed by atoms with van der Waals surface area (Å²) in [5, 5.41) is 0. The molecule has 130 valence electrons. The number of nitrogens with zero attached hydrogens (tertiary/aromatic N) is 3. The second-order valence-corrected chi connectivity index (χ2v) is 6.17. The Morgan fingerprint density at radius 3 is 2.96 bits per heavy atom. The Hall–Kier alpha value is -2.53. The Morgan fingerprint density at radius 2 is 2.24 bits per heavy atom. The molecule has 0 saturated carbocycles. The van der Waals surface area contributed by atoms with E-state index in [1.54, 1.807) is 18.5 Å². The second-order valence-electron chi connectivity index (χ2n) is 6.17. The average Bonchev–Trinajstić information content (AvgIpc) is 3.04. The van der Waals surface area contributed by atoms with Gasteiger partial charge in [0.15, 0.2) is 0 Å². The number of carbonyl (C=O) groups excluding carboxylic acids is 1. The molecule has 0 radical (unpaired) electrons. The Balaban J connectivity index is 1.73. The third kappa shape index (κ3) is 4.51. The van der Waals surface area contributed by atoms with Crippen LogP contribution in [0.4, 0.5) is 0 Å². The molecule has 0 spiro atoms. The van der Waals surface area contributed by atoms with Crippen molar-refractivity contribution in [2.75, 3.05) is 13.2 Å². The highest BCUT2D eigenvalue weighted by Crippen LogP contribution is 2.25. The van der Waals surface area contributed by atoms with Crippen LogP contribution in [0.2, 0.25) is 0 Å². The van der Waals surface area contributed by atoms with Crippen LogP contribution in [0.25, 0.3) is 0 Å². The van der Waals surface area contributed by atoms with Crippen LogP contribution in [-0.4, -0.2) is 46.1 Å². The third-order valence-electron chi connectivity index (χ3n) is 4.46. The van der Waals surface area contributed by atoms with E-state index in [-0.39, 0.29) is 18.1 Å². The monoisotopic (exact) mass is 337 g/mol. The Bertz CT molecular complexity index is 691. The van der Waals surface area contributed by atoms with Gasteiger partial charge in [-0.05, 0) is 36.6 Å². The lowest BCUT2D eigenvalue weighted by molar-refractivity contribution is -0.132. The zero-order valence-electron chi connectivity index (χ0n) is 14.3. The Kier molecular flexibility index (Phi) is 5.90. The van der Waals surface area contributed by atoms with Crippen LogP contribution in [-0.2, 0) is 22.4 Å². The van der Waals surface area contributed by atoms with E-state index in [4.69, 9.17) is 4.74 Å². The molecule has 1 aliphatic heterocycles. The number of pyridine rings is 2. The van der Waals surface area contributed by atoms with E-state index in [0.29, 0.717) is 19.6 Å². The van der Waals surface area contributed by atoms with Crippen molar-refractivity contribution >= 4 is 5.91 Å². The summed E-state index contributed by atoms with van der Waals surface area (Å²) in [4.78, 5) is 23.2. The van der Waals surface area contributed by atoms with E-state index >= 15 is 0 Å². The van der Waals surface area contributed by atoms with Gasteiger partial charge in [0.05, 0.1) is 25.2 Å². The van der Waals surface area contributed by atoms with E-state index in [9.17, 15) is 4.79 Å². The van der Waals surface area contributed by atoms with Gasteiger partial charge in [0.2, 0.25) is 5.91 Å². The van der Waals surface area contributed by atoms with Gasteiger partial charge in [-0.15, -0.1) is 6.58 Å². The van der Waals surface area contributed by atoms with E-state index in [0.717, 1.165) is 24.1 Å². The summed E-state index contributed by atoms with van der Waals surface area (Å²) in [5.41, 5.74) is 1.90. The highest BCUT2D eigenvalue weighted by atomic mass is 16.5. The molecular formula is C20H23N3O2. The smallest absolute Gasteiger partial charge is 0.228 e. The summed E-state index contributed by atoms with van der Waals surface area (Å²) < 4.78 is 5.92. The standard InChI is InChI=1S/C20H23N3O2/c1-2-12-25-19-8-11-23(18(19)13-16-6-5-9-21-15-16)20(24)14-17-7-3-4-10-22-17/h2-7,9-10,15,18-19H,1,8,11-14H2/t18-,19-/m0/s1. The van der Waals surface area contributed by atoms with Crippen molar-refractivity contribution in [2.24, 2.45) is 0 Å². The van der Waals surface area contributed by atoms with Crippen LogP contribution >= 0.6 is 0 Å². The molecule has 1 aliphatic rings. The van der Waals surface area contributed by atoms with Crippen LogP contribution in [0.3, 0.4) is 0 Å². The number of hydrogen-bond acceptors (Lipinski definition) is 4. The lowest BCUT2D eigenvalue weighted by Gasteiger charge is -2.28. The molecule has 2 aromatic heterocycles. The third-order valence-corrected chi connectivity index (χ3v) is 4.46. The predicted octanol–water partition coefficient (Wildman–Crippen LogP) is 2.43. The summed E-state index contributed by atoms with van der Waals surface area (Å²) in [6.07, 6.45) is 8.99. The second kappa shape index (κ2) is 8.53. The lowest BCUT2D eigenvalue weighted by Crippen LogP contribution is -2.42. The quantitative estimate of drug-likeness (QED) is 0.728. The van der Waals surface area contributed by atoms with Crippen LogP contribution in [0, 0.1) is 0 Å². The van der Waals surface area contributed by atoms with Gasteiger partial charge in [-0.25, -0.2) is 0 Å². The van der Waals surface area contributed by atoms with Gasteiger partial charge in [0.1, 0.15) is 0 Å². The van der Waals surface area contributed by atoms with Gasteiger partial charge in [-0.2, -0.15) is 0 Å². The molecule has 1 saturated heterocycles. The van der Waals surface area contributed by atoms with Gasteiger partial charge in [-0.1, -0.05) is 18.2 Å². The predicted molar refractivity (Wildman–Crippen MR) is 95.9 cm³/mol. The van der Waals surface area contributed by atoms with Gasteiger partial charge in [0.25, 0.3) is 0 Å². The van der Waals surface area contributed by atoms with Crippen molar-refractivity contribution in [2.45, 2.75) is 31.4 Å². The number of rotatable bonds is 7. The maximum absolute atomic E-state index is 12.8. The Morgan fingerprint density at radius 1 is 1.32 bits per heavy atom. The zero-order valence-corrected chi connectivity index (χ0v) is 14.3. The molecule has 0 unspecified atom stereocenters. The summed E-state index contributed by atoms with van der Waals surface area (Å²) in [6, 6.07) is 9.62. The zero-order chi connectivity index (χ0) is 17.5. The molecule has 1 fully saturated rings. The normalized spacial score (nSPS) is 19.8. The molecule has 1 amide bonds. The Labute approximate surface area is 148 Å². The topological polar surface area (TPSA) is 55.3 Å². The van der Waals surface area contributed by atoms with E-state index in [2.05, 4.69) is 16.5 Å². The summed E-state index contributed by atoms with van der Waals surface area (Å²) >= 11 is 0. The van der Waals surface area contributed by atoms with Crippen molar-refractivity contribution in [3.8, 4) is 0 Å². The molecule has 2 aromatic rings. The number of likely N-dealkylation sites (tertiary alicyclic amines) is 1. The average molecular weight is 337 g/mol. The fourth-order valence-corrected chi connectivity index (χ4v) is 3.28. The molecule has 0 N–H and O–H groups in total. The number of carbonyl (C=O) groups is 1. The maximum Gasteiger partial charge on any atom is 0.228 e. The highest BCUT2D eigenvalue weighted by Gasteiger charge is 2.37. The fraction of sp³-hybridized carbons (Fsp3) is 0.350. The molecular weight excluding hydrogens is 314 g/mol. The first-order valence-electron chi connectivity index (χ1n) is 8.58. The lowest BCUT2D eigenvalue weighted by atomic mass is 10.0. The molecule has 3 heterocycles. The van der Waals surface area contributed by atoms with Gasteiger partial charge < -0.3 is 9.64 Å². The first kappa shape index (κ1) is 17.3. The van der Waals surface area contributed by atoms with E-state index < -0.39 is 0 Å². The van der Waals surface area contributed by atoms with Crippen molar-refractivity contribution < 1.29 is 9.53 Å². The minimum Gasteiger partial charge on any atom is -0.372 e. The molecule has 5 heteroatoms. The number of ether oxygens (including phenoxy) is 1.